The molecule has 1 fully saturated rings. The standard InChI is InChI=1S/C22H18O2/c1-2-6-16(7-3-1)17-10-12-18(13-11-17)21-19-8-4-5-9-20(19)22(21)23-14-15-24-22/h1-13,21H,14-15H2. The van der Waals surface area contributed by atoms with Gasteiger partial charge in [-0.25, -0.2) is 0 Å². The van der Waals surface area contributed by atoms with Crippen molar-refractivity contribution >= 4 is 0 Å². The van der Waals surface area contributed by atoms with Gasteiger partial charge in [0.1, 0.15) is 0 Å². The maximum Gasteiger partial charge on any atom is 0.206 e. The van der Waals surface area contributed by atoms with Crippen molar-refractivity contribution in [3.8, 4) is 11.1 Å². The second kappa shape index (κ2) is 5.30. The van der Waals surface area contributed by atoms with E-state index in [0.29, 0.717) is 13.2 Å². The number of rotatable bonds is 2. The monoisotopic (exact) mass is 314 g/mol. The molecule has 2 nitrogen and oxygen atoms in total. The molecule has 5 rings (SSSR count). The lowest BCUT2D eigenvalue weighted by atomic mass is 9.68. The first-order valence-electron chi connectivity index (χ1n) is 8.41. The molecule has 0 bridgehead atoms. The quantitative estimate of drug-likeness (QED) is 0.682. The minimum atomic E-state index is -0.579. The summed E-state index contributed by atoms with van der Waals surface area (Å²) in [5, 5.41) is 0. The van der Waals surface area contributed by atoms with E-state index in [1.807, 2.05) is 6.07 Å². The van der Waals surface area contributed by atoms with Crippen LogP contribution in [0.1, 0.15) is 22.6 Å². The molecule has 118 valence electrons. The SMILES string of the molecule is c1ccc(-c2ccc(C3c4ccccc4C34OCCO4)cc2)cc1. The summed E-state index contributed by atoms with van der Waals surface area (Å²) >= 11 is 0. The smallest absolute Gasteiger partial charge is 0.206 e. The van der Waals surface area contributed by atoms with Gasteiger partial charge in [-0.2, -0.15) is 0 Å². The third-order valence-corrected chi connectivity index (χ3v) is 5.09. The Morgan fingerprint density at radius 3 is 2.04 bits per heavy atom. The van der Waals surface area contributed by atoms with Crippen molar-refractivity contribution in [2.75, 3.05) is 13.2 Å². The Balaban J connectivity index is 1.55. The van der Waals surface area contributed by atoms with Crippen LogP contribution in [0.4, 0.5) is 0 Å². The minimum Gasteiger partial charge on any atom is -0.343 e. The summed E-state index contributed by atoms with van der Waals surface area (Å²) in [5.41, 5.74) is 6.21. The van der Waals surface area contributed by atoms with E-state index in [0.717, 1.165) is 0 Å². The van der Waals surface area contributed by atoms with Crippen LogP contribution in [-0.2, 0) is 15.3 Å². The predicted molar refractivity (Wildman–Crippen MR) is 93.7 cm³/mol. The molecule has 1 heterocycles. The molecule has 0 aromatic heterocycles. The van der Waals surface area contributed by atoms with Gasteiger partial charge in [0.15, 0.2) is 0 Å². The first-order chi connectivity index (χ1) is 11.9. The fourth-order valence-electron chi connectivity index (χ4n) is 4.00. The molecular weight excluding hydrogens is 296 g/mol. The van der Waals surface area contributed by atoms with Gasteiger partial charge in [-0.05, 0) is 22.3 Å². The number of hydrogen-bond donors (Lipinski definition) is 0. The van der Waals surface area contributed by atoms with Crippen LogP contribution in [0.3, 0.4) is 0 Å². The van der Waals surface area contributed by atoms with E-state index in [1.54, 1.807) is 0 Å². The van der Waals surface area contributed by atoms with Gasteiger partial charge in [0, 0.05) is 5.56 Å². The molecule has 3 aromatic rings. The Morgan fingerprint density at radius 1 is 0.667 bits per heavy atom. The number of benzene rings is 3. The Bertz CT molecular complexity index is 862. The Hall–Kier alpha value is -2.42. The molecule has 2 heteroatoms. The van der Waals surface area contributed by atoms with E-state index in [2.05, 4.69) is 72.8 Å². The number of fused-ring (bicyclic) bond motifs is 2. The molecule has 1 unspecified atom stereocenters. The Kier molecular flexibility index (Phi) is 3.09. The van der Waals surface area contributed by atoms with Gasteiger partial charge in [-0.15, -0.1) is 0 Å². The molecule has 0 amide bonds. The molecule has 0 N–H and O–H groups in total. The van der Waals surface area contributed by atoms with Crippen molar-refractivity contribution in [2.45, 2.75) is 11.7 Å². The molecule has 2 aliphatic rings. The zero-order chi connectivity index (χ0) is 16.0. The molecule has 0 saturated carbocycles. The fraction of sp³-hybridized carbons (Fsp3) is 0.182. The van der Waals surface area contributed by atoms with Crippen LogP contribution in [0.15, 0.2) is 78.9 Å². The summed E-state index contributed by atoms with van der Waals surface area (Å²) in [6.07, 6.45) is 0. The highest BCUT2D eigenvalue weighted by molar-refractivity contribution is 5.64. The van der Waals surface area contributed by atoms with Crippen molar-refractivity contribution in [1.82, 2.24) is 0 Å². The van der Waals surface area contributed by atoms with E-state index >= 15 is 0 Å². The first kappa shape index (κ1) is 14.0. The van der Waals surface area contributed by atoms with Crippen LogP contribution in [-0.4, -0.2) is 13.2 Å². The highest BCUT2D eigenvalue weighted by atomic mass is 16.7. The molecule has 1 atom stereocenters. The lowest BCUT2D eigenvalue weighted by molar-refractivity contribution is -0.196. The Labute approximate surface area is 141 Å². The lowest BCUT2D eigenvalue weighted by Gasteiger charge is -2.46. The van der Waals surface area contributed by atoms with Gasteiger partial charge in [-0.1, -0.05) is 78.9 Å². The predicted octanol–water partition coefficient (Wildman–Crippen LogP) is 4.70. The van der Waals surface area contributed by atoms with Crippen LogP contribution < -0.4 is 0 Å². The van der Waals surface area contributed by atoms with Gasteiger partial charge >= 0.3 is 0 Å². The van der Waals surface area contributed by atoms with Gasteiger partial charge in [-0.3, -0.25) is 0 Å². The van der Waals surface area contributed by atoms with Crippen molar-refractivity contribution in [3.05, 3.63) is 95.6 Å². The average Bonchev–Trinajstić information content (AvgIpc) is 3.15. The van der Waals surface area contributed by atoms with Gasteiger partial charge in [0.25, 0.3) is 0 Å². The van der Waals surface area contributed by atoms with E-state index in [9.17, 15) is 0 Å². The number of hydrogen-bond acceptors (Lipinski definition) is 2. The highest BCUT2D eigenvalue weighted by Crippen LogP contribution is 2.57. The molecular formula is C22H18O2. The van der Waals surface area contributed by atoms with Gasteiger partial charge < -0.3 is 9.47 Å². The molecule has 1 aliphatic carbocycles. The molecule has 1 saturated heterocycles. The number of ether oxygens (including phenoxy) is 2. The maximum atomic E-state index is 6.06. The van der Waals surface area contributed by atoms with Crippen LogP contribution in [0.25, 0.3) is 11.1 Å². The minimum absolute atomic E-state index is 0.154. The topological polar surface area (TPSA) is 18.5 Å². The van der Waals surface area contributed by atoms with E-state index < -0.39 is 5.79 Å². The zero-order valence-electron chi connectivity index (χ0n) is 13.3. The van der Waals surface area contributed by atoms with E-state index in [1.165, 1.54) is 27.8 Å². The van der Waals surface area contributed by atoms with Crippen molar-refractivity contribution < 1.29 is 9.47 Å². The maximum absolute atomic E-state index is 6.06. The van der Waals surface area contributed by atoms with Crippen LogP contribution >= 0.6 is 0 Å². The molecule has 0 radical (unpaired) electrons. The lowest BCUT2D eigenvalue weighted by Crippen LogP contribution is -2.45. The molecule has 1 spiro atoms. The van der Waals surface area contributed by atoms with Crippen molar-refractivity contribution in [2.24, 2.45) is 0 Å². The van der Waals surface area contributed by atoms with Gasteiger partial charge in [0.05, 0.1) is 19.1 Å². The summed E-state index contributed by atoms with van der Waals surface area (Å²) in [6.45, 7) is 1.32. The molecule has 3 aromatic carbocycles. The summed E-state index contributed by atoms with van der Waals surface area (Å²) in [7, 11) is 0. The fourth-order valence-corrected chi connectivity index (χ4v) is 4.00. The third kappa shape index (κ3) is 1.90. The summed E-state index contributed by atoms with van der Waals surface area (Å²) < 4.78 is 12.1. The second-order valence-electron chi connectivity index (χ2n) is 6.37. The normalized spacial score (nSPS) is 20.6. The largest absolute Gasteiger partial charge is 0.343 e. The zero-order valence-corrected chi connectivity index (χ0v) is 13.3. The molecule has 1 aliphatic heterocycles. The van der Waals surface area contributed by atoms with Crippen molar-refractivity contribution in [1.29, 1.82) is 0 Å². The summed E-state index contributed by atoms with van der Waals surface area (Å²) in [4.78, 5) is 0. The van der Waals surface area contributed by atoms with Gasteiger partial charge in [0.2, 0.25) is 5.79 Å². The molecule has 24 heavy (non-hydrogen) atoms. The van der Waals surface area contributed by atoms with Crippen molar-refractivity contribution in [3.63, 3.8) is 0 Å². The second-order valence-corrected chi connectivity index (χ2v) is 6.37. The average molecular weight is 314 g/mol. The third-order valence-electron chi connectivity index (χ3n) is 5.09. The van der Waals surface area contributed by atoms with E-state index in [4.69, 9.17) is 9.47 Å². The van der Waals surface area contributed by atoms with Crippen LogP contribution in [0, 0.1) is 0 Å². The van der Waals surface area contributed by atoms with E-state index in [-0.39, 0.29) is 5.92 Å². The Morgan fingerprint density at radius 2 is 1.29 bits per heavy atom. The summed E-state index contributed by atoms with van der Waals surface area (Å²) in [5.74, 6) is -0.425. The first-order valence-corrected chi connectivity index (χ1v) is 8.41. The summed E-state index contributed by atoms with van der Waals surface area (Å²) in [6, 6.07) is 27.7. The van der Waals surface area contributed by atoms with Crippen LogP contribution in [0.5, 0.6) is 0 Å². The highest BCUT2D eigenvalue weighted by Gasteiger charge is 2.56. The van der Waals surface area contributed by atoms with Crippen LogP contribution in [0.2, 0.25) is 0 Å².